The number of aliphatic imine (C=N–C) groups is 1. The molecule has 3 N–H and O–H groups in total. The maximum atomic E-state index is 6.08. The van der Waals surface area contributed by atoms with Gasteiger partial charge in [-0.25, -0.2) is 9.97 Å². The summed E-state index contributed by atoms with van der Waals surface area (Å²) in [5.74, 6) is 6.32. The fourth-order valence-corrected chi connectivity index (χ4v) is 5.51. The van der Waals surface area contributed by atoms with E-state index in [9.17, 15) is 0 Å². The Balaban J connectivity index is 1.19. The lowest BCUT2D eigenvalue weighted by Crippen LogP contribution is -2.18. The molecular weight excluding hydrogens is 294 g/mol. The third-order valence-corrected chi connectivity index (χ3v) is 6.65. The Labute approximate surface area is 133 Å². The van der Waals surface area contributed by atoms with Gasteiger partial charge in [-0.3, -0.25) is 4.99 Å². The van der Waals surface area contributed by atoms with Crippen molar-refractivity contribution in [1.82, 2.24) is 15.0 Å². The molecule has 0 aliphatic heterocycles. The molecule has 0 radical (unpaired) electrons. The van der Waals surface area contributed by atoms with Gasteiger partial charge in [0.15, 0.2) is 10.8 Å². The fourth-order valence-electron chi connectivity index (χ4n) is 4.81. The van der Waals surface area contributed by atoms with Gasteiger partial charge in [-0.1, -0.05) is 11.8 Å². The summed E-state index contributed by atoms with van der Waals surface area (Å²) in [6.45, 7) is 0.941. The molecule has 22 heavy (non-hydrogen) atoms. The van der Waals surface area contributed by atoms with Gasteiger partial charge in [-0.2, -0.15) is 0 Å². The minimum atomic E-state index is 0.689. The largest absolute Gasteiger partial charge is 0.387 e. The molecule has 6 heteroatoms. The zero-order valence-corrected chi connectivity index (χ0v) is 13.1. The van der Waals surface area contributed by atoms with Gasteiger partial charge in [0.05, 0.1) is 11.3 Å². The van der Waals surface area contributed by atoms with Gasteiger partial charge in [0.1, 0.15) is 5.84 Å². The number of nitrogens with zero attached hydrogens (tertiary/aromatic N) is 3. The van der Waals surface area contributed by atoms with Crippen molar-refractivity contribution in [1.29, 1.82) is 0 Å². The summed E-state index contributed by atoms with van der Waals surface area (Å²) in [6.07, 6.45) is 4.69. The summed E-state index contributed by atoms with van der Waals surface area (Å²) in [6, 6.07) is 3.89. The van der Waals surface area contributed by atoms with Crippen molar-refractivity contribution in [2.75, 3.05) is 12.3 Å². The molecule has 4 fully saturated rings. The highest BCUT2D eigenvalue weighted by atomic mass is 32.2. The van der Waals surface area contributed by atoms with E-state index in [4.69, 9.17) is 5.73 Å². The number of aromatic nitrogens is 3. The number of amidine groups is 1. The highest BCUT2D eigenvalue weighted by Gasteiger charge is 2.67. The van der Waals surface area contributed by atoms with E-state index in [1.54, 1.807) is 18.0 Å². The zero-order chi connectivity index (χ0) is 14.7. The van der Waals surface area contributed by atoms with E-state index in [-0.39, 0.29) is 0 Å². The van der Waals surface area contributed by atoms with Gasteiger partial charge in [-0.15, -0.1) is 0 Å². The third-order valence-electron chi connectivity index (χ3n) is 5.75. The second kappa shape index (κ2) is 4.72. The Morgan fingerprint density at radius 1 is 1.41 bits per heavy atom. The number of hydrogen-bond acceptors (Lipinski definition) is 4. The number of fused-ring (bicyclic) bond motifs is 1. The fraction of sp³-hybridized carbons (Fsp3) is 0.562. The zero-order valence-electron chi connectivity index (χ0n) is 12.3. The number of imidazole rings is 1. The Morgan fingerprint density at radius 3 is 3.00 bits per heavy atom. The van der Waals surface area contributed by atoms with Gasteiger partial charge in [0.25, 0.3) is 0 Å². The molecule has 2 heterocycles. The number of hydrogen-bond donors (Lipinski definition) is 2. The normalized spacial score (nSPS) is 35.5. The summed E-state index contributed by atoms with van der Waals surface area (Å²) >= 11 is 1.60. The second-order valence-electron chi connectivity index (χ2n) is 6.84. The van der Waals surface area contributed by atoms with Crippen molar-refractivity contribution in [3.8, 4) is 0 Å². The SMILES string of the molecule is NC(CSc1nc2ncccc2[nH]1)=NCC1C2CC3C(C2)C13. The number of H-pyrrole nitrogens is 1. The average molecular weight is 313 g/mol. The number of aromatic amines is 1. The lowest BCUT2D eigenvalue weighted by molar-refractivity contribution is 0.424. The topological polar surface area (TPSA) is 80.0 Å². The lowest BCUT2D eigenvalue weighted by atomic mass is 9.99. The predicted octanol–water partition coefficient (Wildman–Crippen LogP) is 2.31. The van der Waals surface area contributed by atoms with Gasteiger partial charge >= 0.3 is 0 Å². The molecule has 2 aromatic rings. The van der Waals surface area contributed by atoms with E-state index in [0.29, 0.717) is 5.75 Å². The standard InChI is InChI=1S/C16H19N5S/c17-13(19-6-11-8-4-9-10(5-8)14(9)11)7-22-16-20-12-2-1-3-18-15(12)21-16/h1-3,8-11,14H,4-7H2,(H2,17,19)(H,18,20,21). The number of pyridine rings is 1. The van der Waals surface area contributed by atoms with Crippen LogP contribution in [-0.2, 0) is 0 Å². The van der Waals surface area contributed by atoms with Crippen LogP contribution in [0.3, 0.4) is 0 Å². The lowest BCUT2D eigenvalue weighted by Gasteiger charge is -2.11. The van der Waals surface area contributed by atoms with E-state index < -0.39 is 0 Å². The van der Waals surface area contributed by atoms with E-state index in [2.05, 4.69) is 19.9 Å². The molecule has 4 bridgehead atoms. The molecular formula is C16H19N5S. The molecule has 0 amide bonds. The van der Waals surface area contributed by atoms with Crippen LogP contribution in [0.15, 0.2) is 28.5 Å². The van der Waals surface area contributed by atoms with Crippen molar-refractivity contribution in [2.45, 2.75) is 18.0 Å². The van der Waals surface area contributed by atoms with Crippen molar-refractivity contribution < 1.29 is 0 Å². The maximum absolute atomic E-state index is 6.08. The van der Waals surface area contributed by atoms with Gasteiger partial charge in [-0.05, 0) is 54.6 Å². The molecule has 0 spiro atoms. The molecule has 4 aliphatic carbocycles. The first-order valence-electron chi connectivity index (χ1n) is 8.02. The quantitative estimate of drug-likeness (QED) is 0.504. The smallest absolute Gasteiger partial charge is 0.178 e. The minimum absolute atomic E-state index is 0.689. The monoisotopic (exact) mass is 313 g/mol. The summed E-state index contributed by atoms with van der Waals surface area (Å²) < 4.78 is 0. The average Bonchev–Trinajstić information content (AvgIpc) is 3.02. The molecule has 0 saturated heterocycles. The summed E-state index contributed by atoms with van der Waals surface area (Å²) in [5.41, 5.74) is 7.80. The highest BCUT2D eigenvalue weighted by molar-refractivity contribution is 7.99. The van der Waals surface area contributed by atoms with Crippen LogP contribution in [0.5, 0.6) is 0 Å². The van der Waals surface area contributed by atoms with Crippen LogP contribution < -0.4 is 5.73 Å². The number of nitrogens with one attached hydrogen (secondary N) is 1. The molecule has 4 saturated carbocycles. The molecule has 3 unspecified atom stereocenters. The van der Waals surface area contributed by atoms with Gasteiger partial charge in [0.2, 0.25) is 0 Å². The first-order valence-corrected chi connectivity index (χ1v) is 9.00. The molecule has 6 rings (SSSR count). The Bertz CT molecular complexity index is 707. The van der Waals surface area contributed by atoms with E-state index in [1.165, 1.54) is 12.8 Å². The van der Waals surface area contributed by atoms with Crippen LogP contribution in [-0.4, -0.2) is 33.1 Å². The summed E-state index contributed by atoms with van der Waals surface area (Å²) in [7, 11) is 0. The first-order chi connectivity index (χ1) is 10.8. The molecule has 0 aromatic carbocycles. The maximum Gasteiger partial charge on any atom is 0.178 e. The van der Waals surface area contributed by atoms with Crippen molar-refractivity contribution >= 4 is 28.8 Å². The Morgan fingerprint density at radius 2 is 2.27 bits per heavy atom. The summed E-state index contributed by atoms with van der Waals surface area (Å²) in [4.78, 5) is 16.6. The minimum Gasteiger partial charge on any atom is -0.387 e. The molecule has 5 nitrogen and oxygen atoms in total. The highest BCUT2D eigenvalue weighted by Crippen LogP contribution is 2.73. The Hall–Kier alpha value is -1.56. The van der Waals surface area contributed by atoms with E-state index in [0.717, 1.165) is 58.3 Å². The van der Waals surface area contributed by atoms with Gasteiger partial charge < -0.3 is 10.7 Å². The molecule has 114 valence electrons. The van der Waals surface area contributed by atoms with Crippen LogP contribution in [0, 0.1) is 29.6 Å². The van der Waals surface area contributed by atoms with Crippen LogP contribution in [0.4, 0.5) is 0 Å². The van der Waals surface area contributed by atoms with Crippen LogP contribution in [0.2, 0.25) is 0 Å². The molecule has 3 atom stereocenters. The van der Waals surface area contributed by atoms with E-state index >= 15 is 0 Å². The van der Waals surface area contributed by atoms with Crippen LogP contribution in [0.25, 0.3) is 11.2 Å². The van der Waals surface area contributed by atoms with E-state index in [1.807, 2.05) is 12.1 Å². The molecule has 4 aliphatic rings. The Kier molecular flexibility index (Phi) is 2.77. The summed E-state index contributed by atoms with van der Waals surface area (Å²) in [5, 5.41) is 0.859. The van der Waals surface area contributed by atoms with Crippen LogP contribution in [0.1, 0.15) is 12.8 Å². The second-order valence-corrected chi connectivity index (χ2v) is 7.80. The number of nitrogens with two attached hydrogens (primary N) is 1. The number of rotatable bonds is 5. The predicted molar refractivity (Wildman–Crippen MR) is 87.8 cm³/mol. The third kappa shape index (κ3) is 1.96. The van der Waals surface area contributed by atoms with Crippen molar-refractivity contribution in [3.05, 3.63) is 18.3 Å². The van der Waals surface area contributed by atoms with Crippen LogP contribution >= 0.6 is 11.8 Å². The van der Waals surface area contributed by atoms with Crippen molar-refractivity contribution in [2.24, 2.45) is 40.3 Å². The number of thioether (sulfide) groups is 1. The first kappa shape index (κ1) is 12.9. The molecule has 2 aromatic heterocycles. The van der Waals surface area contributed by atoms with Crippen molar-refractivity contribution in [3.63, 3.8) is 0 Å². The van der Waals surface area contributed by atoms with Gasteiger partial charge in [0, 0.05) is 12.7 Å².